The standard InChI is InChI=1S/C21H24N2O3S/c1-14-13-19(14)20(15-5-3-2-4-6-15)22-21(24)16-7-11-18(12-8-16)27(25,26)23-17-9-10-17/h2-8,11-12,14,17,19-20,23H,9-10,13H2,1H3,(H,22,24). The third kappa shape index (κ3) is 4.22. The summed E-state index contributed by atoms with van der Waals surface area (Å²) in [6.45, 7) is 2.19. The van der Waals surface area contributed by atoms with Crippen LogP contribution in [0.2, 0.25) is 0 Å². The molecule has 1 amide bonds. The number of rotatable bonds is 7. The molecule has 0 aromatic heterocycles. The van der Waals surface area contributed by atoms with Crippen LogP contribution in [0.3, 0.4) is 0 Å². The van der Waals surface area contributed by atoms with E-state index in [1.807, 2.05) is 30.3 Å². The molecule has 0 bridgehead atoms. The van der Waals surface area contributed by atoms with Crippen molar-refractivity contribution < 1.29 is 13.2 Å². The van der Waals surface area contributed by atoms with E-state index >= 15 is 0 Å². The predicted molar refractivity (Wildman–Crippen MR) is 104 cm³/mol. The van der Waals surface area contributed by atoms with Gasteiger partial charge in [0.05, 0.1) is 10.9 Å². The highest BCUT2D eigenvalue weighted by Crippen LogP contribution is 2.47. The topological polar surface area (TPSA) is 75.3 Å². The third-order valence-electron chi connectivity index (χ3n) is 5.37. The van der Waals surface area contributed by atoms with Crippen LogP contribution in [0.4, 0.5) is 0 Å². The molecule has 0 heterocycles. The van der Waals surface area contributed by atoms with Gasteiger partial charge in [0, 0.05) is 11.6 Å². The number of hydrogen-bond acceptors (Lipinski definition) is 3. The van der Waals surface area contributed by atoms with E-state index in [9.17, 15) is 13.2 Å². The van der Waals surface area contributed by atoms with Gasteiger partial charge in [0.25, 0.3) is 5.91 Å². The lowest BCUT2D eigenvalue weighted by Gasteiger charge is -2.19. The van der Waals surface area contributed by atoms with E-state index in [0.29, 0.717) is 17.4 Å². The van der Waals surface area contributed by atoms with E-state index in [4.69, 9.17) is 0 Å². The van der Waals surface area contributed by atoms with Crippen molar-refractivity contribution in [1.82, 2.24) is 10.0 Å². The van der Waals surface area contributed by atoms with E-state index in [-0.39, 0.29) is 22.9 Å². The Morgan fingerprint density at radius 1 is 1.04 bits per heavy atom. The number of carbonyl (C=O) groups is 1. The van der Waals surface area contributed by atoms with Gasteiger partial charge in [0.1, 0.15) is 0 Å². The molecule has 2 aliphatic rings. The second kappa shape index (κ2) is 7.09. The molecule has 0 radical (unpaired) electrons. The number of hydrogen-bond donors (Lipinski definition) is 2. The van der Waals surface area contributed by atoms with E-state index in [1.54, 1.807) is 12.1 Å². The van der Waals surface area contributed by atoms with Crippen molar-refractivity contribution in [3.8, 4) is 0 Å². The van der Waals surface area contributed by atoms with Crippen molar-refractivity contribution in [3.05, 3.63) is 65.7 Å². The molecule has 5 nitrogen and oxygen atoms in total. The van der Waals surface area contributed by atoms with Crippen LogP contribution in [0.5, 0.6) is 0 Å². The molecule has 2 aliphatic carbocycles. The minimum absolute atomic E-state index is 0.0198. The molecule has 0 saturated heterocycles. The van der Waals surface area contributed by atoms with Gasteiger partial charge in [-0.05, 0) is 60.9 Å². The van der Waals surface area contributed by atoms with Gasteiger partial charge < -0.3 is 5.32 Å². The Hall–Kier alpha value is -2.18. The SMILES string of the molecule is CC1CC1C(NC(=O)c1ccc(S(=O)(=O)NC2CC2)cc1)c1ccccc1. The molecular formula is C21H24N2O3S. The van der Waals surface area contributed by atoms with Gasteiger partial charge in [-0.3, -0.25) is 4.79 Å². The molecule has 4 rings (SSSR count). The van der Waals surface area contributed by atoms with Crippen LogP contribution in [0.15, 0.2) is 59.5 Å². The number of carbonyl (C=O) groups excluding carboxylic acids is 1. The van der Waals surface area contributed by atoms with Gasteiger partial charge in [-0.25, -0.2) is 13.1 Å². The Labute approximate surface area is 160 Å². The molecule has 6 heteroatoms. The first kappa shape index (κ1) is 18.2. The fraction of sp³-hybridized carbons (Fsp3) is 0.381. The summed E-state index contributed by atoms with van der Waals surface area (Å²) >= 11 is 0. The Bertz CT molecular complexity index is 922. The lowest BCUT2D eigenvalue weighted by atomic mass is 10.0. The molecule has 2 saturated carbocycles. The van der Waals surface area contributed by atoms with Crippen molar-refractivity contribution in [1.29, 1.82) is 0 Å². The van der Waals surface area contributed by atoms with Gasteiger partial charge in [0.15, 0.2) is 0 Å². The summed E-state index contributed by atoms with van der Waals surface area (Å²) in [5.74, 6) is 0.859. The van der Waals surface area contributed by atoms with Crippen molar-refractivity contribution in [2.75, 3.05) is 0 Å². The molecule has 0 aliphatic heterocycles. The van der Waals surface area contributed by atoms with Crippen LogP contribution in [-0.4, -0.2) is 20.4 Å². The number of benzene rings is 2. The Balaban J connectivity index is 1.48. The molecule has 3 atom stereocenters. The van der Waals surface area contributed by atoms with Crippen LogP contribution in [0.25, 0.3) is 0 Å². The molecule has 2 aromatic rings. The zero-order chi connectivity index (χ0) is 19.0. The van der Waals surface area contributed by atoms with Crippen LogP contribution in [0, 0.1) is 11.8 Å². The van der Waals surface area contributed by atoms with E-state index in [0.717, 1.165) is 24.8 Å². The van der Waals surface area contributed by atoms with E-state index < -0.39 is 10.0 Å². The molecule has 0 spiro atoms. The predicted octanol–water partition coefficient (Wildman–Crippen LogP) is 3.25. The minimum atomic E-state index is -3.50. The van der Waals surface area contributed by atoms with Crippen molar-refractivity contribution in [3.63, 3.8) is 0 Å². The highest BCUT2D eigenvalue weighted by molar-refractivity contribution is 7.89. The smallest absolute Gasteiger partial charge is 0.251 e. The highest BCUT2D eigenvalue weighted by Gasteiger charge is 2.41. The lowest BCUT2D eigenvalue weighted by Crippen LogP contribution is -2.30. The van der Waals surface area contributed by atoms with Crippen molar-refractivity contribution in [2.24, 2.45) is 11.8 Å². The summed E-state index contributed by atoms with van der Waals surface area (Å²) in [5.41, 5.74) is 1.57. The summed E-state index contributed by atoms with van der Waals surface area (Å²) < 4.78 is 27.1. The zero-order valence-corrected chi connectivity index (χ0v) is 16.1. The zero-order valence-electron chi connectivity index (χ0n) is 15.3. The summed E-state index contributed by atoms with van der Waals surface area (Å²) in [5, 5.41) is 3.14. The lowest BCUT2D eigenvalue weighted by molar-refractivity contribution is 0.0930. The molecule has 2 aromatic carbocycles. The van der Waals surface area contributed by atoms with E-state index in [2.05, 4.69) is 17.0 Å². The van der Waals surface area contributed by atoms with Gasteiger partial charge in [-0.2, -0.15) is 0 Å². The summed E-state index contributed by atoms with van der Waals surface area (Å²) in [7, 11) is -3.50. The quantitative estimate of drug-likeness (QED) is 0.769. The third-order valence-corrected chi connectivity index (χ3v) is 6.91. The van der Waals surface area contributed by atoms with Gasteiger partial charge in [-0.1, -0.05) is 37.3 Å². The fourth-order valence-electron chi connectivity index (χ4n) is 3.41. The average Bonchev–Trinajstić information content (AvgIpc) is 3.59. The largest absolute Gasteiger partial charge is 0.345 e. The first-order valence-corrected chi connectivity index (χ1v) is 10.9. The van der Waals surface area contributed by atoms with Gasteiger partial charge >= 0.3 is 0 Å². The van der Waals surface area contributed by atoms with E-state index in [1.165, 1.54) is 12.1 Å². The Morgan fingerprint density at radius 2 is 1.67 bits per heavy atom. The second-order valence-electron chi connectivity index (χ2n) is 7.66. The normalized spacial score (nSPS) is 22.9. The van der Waals surface area contributed by atoms with Crippen molar-refractivity contribution in [2.45, 2.75) is 43.2 Å². The Morgan fingerprint density at radius 3 is 2.22 bits per heavy atom. The van der Waals surface area contributed by atoms with Crippen molar-refractivity contribution >= 4 is 15.9 Å². The maximum Gasteiger partial charge on any atom is 0.251 e. The van der Waals surface area contributed by atoms with Crippen LogP contribution in [-0.2, 0) is 10.0 Å². The maximum atomic E-state index is 12.7. The minimum Gasteiger partial charge on any atom is -0.345 e. The maximum absolute atomic E-state index is 12.7. The van der Waals surface area contributed by atoms with Gasteiger partial charge in [0.2, 0.25) is 10.0 Å². The summed E-state index contributed by atoms with van der Waals surface area (Å²) in [6.07, 6.45) is 2.88. The fourth-order valence-corrected chi connectivity index (χ4v) is 4.72. The molecule has 27 heavy (non-hydrogen) atoms. The molecular weight excluding hydrogens is 360 g/mol. The van der Waals surface area contributed by atoms with Crippen LogP contribution >= 0.6 is 0 Å². The monoisotopic (exact) mass is 384 g/mol. The number of nitrogens with one attached hydrogen (secondary N) is 2. The van der Waals surface area contributed by atoms with Gasteiger partial charge in [-0.15, -0.1) is 0 Å². The van der Waals surface area contributed by atoms with Crippen LogP contribution < -0.4 is 10.0 Å². The highest BCUT2D eigenvalue weighted by atomic mass is 32.2. The Kier molecular flexibility index (Phi) is 4.78. The number of sulfonamides is 1. The molecule has 3 unspecified atom stereocenters. The second-order valence-corrected chi connectivity index (χ2v) is 9.37. The number of amides is 1. The molecule has 142 valence electrons. The first-order valence-electron chi connectivity index (χ1n) is 9.42. The summed E-state index contributed by atoms with van der Waals surface area (Å²) in [4.78, 5) is 12.9. The molecule has 2 N–H and O–H groups in total. The first-order chi connectivity index (χ1) is 12.9. The molecule has 2 fully saturated rings. The van der Waals surface area contributed by atoms with Crippen LogP contribution in [0.1, 0.15) is 48.1 Å². The summed E-state index contributed by atoms with van der Waals surface area (Å²) in [6, 6.07) is 16.2. The average molecular weight is 385 g/mol.